The fraction of sp³-hybridized carbons (Fsp3) is 0.467. The van der Waals surface area contributed by atoms with Gasteiger partial charge in [-0.15, -0.1) is 11.3 Å². The van der Waals surface area contributed by atoms with Crippen molar-refractivity contribution in [2.24, 2.45) is 0 Å². The van der Waals surface area contributed by atoms with Crippen LogP contribution in [0.3, 0.4) is 0 Å². The molecule has 2 atom stereocenters. The first-order chi connectivity index (χ1) is 10.2. The van der Waals surface area contributed by atoms with Crippen LogP contribution in [0, 0.1) is 0 Å². The van der Waals surface area contributed by atoms with E-state index in [1.807, 2.05) is 32.2 Å². The fourth-order valence-corrected chi connectivity index (χ4v) is 3.44. The van der Waals surface area contributed by atoms with Crippen molar-refractivity contribution in [3.63, 3.8) is 0 Å². The molecule has 1 aliphatic rings. The Balaban J connectivity index is 1.76. The van der Waals surface area contributed by atoms with Gasteiger partial charge in [0.1, 0.15) is 11.1 Å². The van der Waals surface area contributed by atoms with E-state index in [-0.39, 0.29) is 18.1 Å². The number of hydrogen-bond acceptors (Lipinski definition) is 5. The Kier molecular flexibility index (Phi) is 4.19. The minimum atomic E-state index is -0.388. The van der Waals surface area contributed by atoms with Gasteiger partial charge in [0.15, 0.2) is 0 Å². The Hall–Kier alpha value is -1.50. The van der Waals surface area contributed by atoms with E-state index in [1.165, 1.54) is 0 Å². The van der Waals surface area contributed by atoms with Crippen molar-refractivity contribution < 1.29 is 9.53 Å². The minimum absolute atomic E-state index is 0.00829. The van der Waals surface area contributed by atoms with Crippen LogP contribution in [0.2, 0.25) is 0 Å². The molecule has 5 nitrogen and oxygen atoms in total. The molecular weight excluding hydrogens is 286 g/mol. The fourth-order valence-electron chi connectivity index (χ4n) is 2.38. The summed E-state index contributed by atoms with van der Waals surface area (Å²) < 4.78 is 6.68. The van der Waals surface area contributed by atoms with E-state index in [1.54, 1.807) is 16.2 Å². The molecule has 1 aromatic heterocycles. The quantitative estimate of drug-likeness (QED) is 0.939. The number of carbonyl (C=O) groups excluding carboxylic acids is 1. The summed E-state index contributed by atoms with van der Waals surface area (Å²) in [6.07, 6.45) is -0.388. The minimum Gasteiger partial charge on any atom is -0.366 e. The number of rotatable bonds is 3. The van der Waals surface area contributed by atoms with E-state index in [0.29, 0.717) is 13.2 Å². The number of benzene rings is 1. The molecule has 0 spiro atoms. The van der Waals surface area contributed by atoms with Crippen LogP contribution in [0.25, 0.3) is 10.2 Å². The van der Waals surface area contributed by atoms with Crippen molar-refractivity contribution >= 4 is 27.5 Å². The lowest BCUT2D eigenvalue weighted by Crippen LogP contribution is -2.48. The lowest BCUT2D eigenvalue weighted by atomic mass is 10.2. The van der Waals surface area contributed by atoms with Crippen LogP contribution in [0.5, 0.6) is 0 Å². The summed E-state index contributed by atoms with van der Waals surface area (Å²) in [5, 5.41) is 4.14. The first kappa shape index (κ1) is 14.4. The van der Waals surface area contributed by atoms with Gasteiger partial charge in [-0.05, 0) is 19.1 Å². The van der Waals surface area contributed by atoms with Gasteiger partial charge in [-0.2, -0.15) is 0 Å². The molecule has 2 aromatic rings. The zero-order chi connectivity index (χ0) is 14.8. The van der Waals surface area contributed by atoms with Crippen LogP contribution in [-0.4, -0.2) is 48.6 Å². The lowest BCUT2D eigenvalue weighted by Gasteiger charge is -2.30. The molecule has 2 heterocycles. The second-order valence-corrected chi connectivity index (χ2v) is 6.27. The van der Waals surface area contributed by atoms with Crippen LogP contribution < -0.4 is 5.32 Å². The third-order valence-electron chi connectivity index (χ3n) is 3.80. The van der Waals surface area contributed by atoms with Crippen LogP contribution in [-0.2, 0) is 9.53 Å². The van der Waals surface area contributed by atoms with Crippen molar-refractivity contribution in [2.75, 3.05) is 26.7 Å². The van der Waals surface area contributed by atoms with Crippen molar-refractivity contribution in [1.82, 2.24) is 15.2 Å². The van der Waals surface area contributed by atoms with Crippen LogP contribution >= 0.6 is 11.3 Å². The molecule has 1 N–H and O–H groups in total. The number of aromatic nitrogens is 1. The smallest absolute Gasteiger partial charge is 0.253 e. The van der Waals surface area contributed by atoms with Gasteiger partial charge in [-0.25, -0.2) is 4.98 Å². The largest absolute Gasteiger partial charge is 0.366 e. The molecule has 1 aromatic carbocycles. The van der Waals surface area contributed by atoms with Crippen molar-refractivity contribution in [3.8, 4) is 0 Å². The number of amides is 1. The van der Waals surface area contributed by atoms with Crippen molar-refractivity contribution in [2.45, 2.75) is 19.1 Å². The van der Waals surface area contributed by atoms with Crippen molar-refractivity contribution in [3.05, 3.63) is 29.3 Å². The van der Waals surface area contributed by atoms with E-state index in [9.17, 15) is 4.79 Å². The van der Waals surface area contributed by atoms with Gasteiger partial charge in [0.05, 0.1) is 22.9 Å². The number of likely N-dealkylation sites (N-methyl/N-ethyl adjacent to an activating group) is 1. The van der Waals surface area contributed by atoms with Crippen LogP contribution in [0.1, 0.15) is 18.0 Å². The highest BCUT2D eigenvalue weighted by molar-refractivity contribution is 7.18. The van der Waals surface area contributed by atoms with Gasteiger partial charge in [0, 0.05) is 20.1 Å². The van der Waals surface area contributed by atoms with Gasteiger partial charge < -0.3 is 15.0 Å². The summed E-state index contributed by atoms with van der Waals surface area (Å²) in [6, 6.07) is 7.98. The third kappa shape index (κ3) is 2.92. The molecule has 1 amide bonds. The Morgan fingerprint density at radius 1 is 1.52 bits per heavy atom. The molecule has 1 fully saturated rings. The number of nitrogens with one attached hydrogen (secondary N) is 1. The number of ether oxygens (including phenoxy) is 1. The maximum Gasteiger partial charge on any atom is 0.253 e. The summed E-state index contributed by atoms with van der Waals surface area (Å²) in [5.41, 5.74) is 0.987. The Morgan fingerprint density at radius 3 is 3.05 bits per heavy atom. The van der Waals surface area contributed by atoms with E-state index in [0.717, 1.165) is 21.8 Å². The Morgan fingerprint density at radius 2 is 2.33 bits per heavy atom. The molecule has 0 radical (unpaired) electrons. The molecule has 112 valence electrons. The Bertz CT molecular complexity index is 604. The number of para-hydroxylation sites is 1. The molecule has 1 aliphatic heterocycles. The van der Waals surface area contributed by atoms with Crippen LogP contribution in [0.4, 0.5) is 0 Å². The molecule has 0 saturated carbocycles. The van der Waals surface area contributed by atoms with E-state index in [2.05, 4.69) is 16.4 Å². The molecular formula is C15H19N3O2S. The Labute approximate surface area is 127 Å². The predicted molar refractivity (Wildman–Crippen MR) is 83.4 cm³/mol. The standard InChI is InChI=1S/C15H19N3O2S/c1-10(14-17-11-5-3-4-6-13(11)21-14)18(2)15(19)12-9-16-7-8-20-12/h3-6,10,12,16H,7-9H2,1-2H3. The monoisotopic (exact) mass is 305 g/mol. The second kappa shape index (κ2) is 6.09. The first-order valence-corrected chi connectivity index (χ1v) is 7.93. The summed E-state index contributed by atoms with van der Waals surface area (Å²) in [6.45, 7) is 3.97. The first-order valence-electron chi connectivity index (χ1n) is 7.11. The SMILES string of the molecule is CC(c1nc2ccccc2s1)N(C)C(=O)C1CNCCO1. The molecule has 3 rings (SSSR count). The van der Waals surface area contributed by atoms with Gasteiger partial charge in [0.25, 0.3) is 5.91 Å². The van der Waals surface area contributed by atoms with Gasteiger partial charge >= 0.3 is 0 Å². The average molecular weight is 305 g/mol. The van der Waals surface area contributed by atoms with E-state index >= 15 is 0 Å². The zero-order valence-electron chi connectivity index (χ0n) is 12.2. The lowest BCUT2D eigenvalue weighted by molar-refractivity contribution is -0.145. The predicted octanol–water partition coefficient (Wildman–Crippen LogP) is 1.80. The maximum absolute atomic E-state index is 12.5. The highest BCUT2D eigenvalue weighted by Gasteiger charge is 2.29. The summed E-state index contributed by atoms with van der Waals surface area (Å²) >= 11 is 1.64. The average Bonchev–Trinajstić information content (AvgIpc) is 2.97. The molecule has 21 heavy (non-hydrogen) atoms. The van der Waals surface area contributed by atoms with E-state index in [4.69, 9.17) is 4.74 Å². The third-order valence-corrected chi connectivity index (χ3v) is 5.01. The summed E-state index contributed by atoms with van der Waals surface area (Å²) in [7, 11) is 1.82. The molecule has 2 unspecified atom stereocenters. The topological polar surface area (TPSA) is 54.5 Å². The maximum atomic E-state index is 12.5. The van der Waals surface area contributed by atoms with Crippen molar-refractivity contribution in [1.29, 1.82) is 0 Å². The summed E-state index contributed by atoms with van der Waals surface area (Å²) in [4.78, 5) is 18.8. The van der Waals surface area contributed by atoms with Gasteiger partial charge in [-0.3, -0.25) is 4.79 Å². The summed E-state index contributed by atoms with van der Waals surface area (Å²) in [5.74, 6) is 0.00829. The van der Waals surface area contributed by atoms with Crippen LogP contribution in [0.15, 0.2) is 24.3 Å². The molecule has 0 bridgehead atoms. The number of fused-ring (bicyclic) bond motifs is 1. The van der Waals surface area contributed by atoms with E-state index < -0.39 is 0 Å². The van der Waals surface area contributed by atoms with Gasteiger partial charge in [0.2, 0.25) is 0 Å². The number of thiazole rings is 1. The number of carbonyl (C=O) groups is 1. The highest BCUT2D eigenvalue weighted by atomic mass is 32.1. The second-order valence-electron chi connectivity index (χ2n) is 5.21. The molecule has 1 saturated heterocycles. The zero-order valence-corrected chi connectivity index (χ0v) is 13.0. The highest BCUT2D eigenvalue weighted by Crippen LogP contribution is 2.29. The number of hydrogen-bond donors (Lipinski definition) is 1. The number of morpholine rings is 1. The number of nitrogens with zero attached hydrogens (tertiary/aromatic N) is 2. The normalized spacial score (nSPS) is 20.4. The molecule has 0 aliphatic carbocycles. The molecule has 6 heteroatoms. The van der Waals surface area contributed by atoms with Gasteiger partial charge in [-0.1, -0.05) is 12.1 Å².